The lowest BCUT2D eigenvalue weighted by molar-refractivity contribution is -0.154. The highest BCUT2D eigenvalue weighted by molar-refractivity contribution is 5.59. The summed E-state index contributed by atoms with van der Waals surface area (Å²) >= 11 is 0. The number of hydrogen-bond donors (Lipinski definition) is 2. The van der Waals surface area contributed by atoms with Gasteiger partial charge in [0.2, 0.25) is 5.95 Å². The molecule has 0 radical (unpaired) electrons. The predicted octanol–water partition coefficient (Wildman–Crippen LogP) is 3.28. The third-order valence-corrected chi connectivity index (χ3v) is 4.91. The molecule has 0 amide bonds. The number of phenols is 1. The quantitative estimate of drug-likeness (QED) is 0.639. The van der Waals surface area contributed by atoms with Crippen molar-refractivity contribution in [1.82, 2.24) is 15.0 Å². The van der Waals surface area contributed by atoms with Gasteiger partial charge < -0.3 is 19.8 Å². The molecule has 3 aromatic rings. The number of aliphatic hydroxyl groups excluding tert-OH is 1. The van der Waals surface area contributed by atoms with Gasteiger partial charge >= 0.3 is 12.2 Å². The number of phenolic OH excluding ortho intramolecular Hbond substituents is 1. The summed E-state index contributed by atoms with van der Waals surface area (Å²) in [5.74, 6) is 0.0880. The van der Waals surface area contributed by atoms with Crippen molar-refractivity contribution in [2.75, 3.05) is 24.7 Å². The first-order chi connectivity index (χ1) is 14.8. The average Bonchev–Trinajstić information content (AvgIpc) is 2.76. The minimum atomic E-state index is -4.56. The minimum Gasteiger partial charge on any atom is -0.508 e. The number of aliphatic hydroxyl groups is 1. The van der Waals surface area contributed by atoms with Gasteiger partial charge in [0.05, 0.1) is 12.6 Å². The number of aromatic nitrogens is 3. The van der Waals surface area contributed by atoms with Gasteiger partial charge in [-0.2, -0.15) is 28.1 Å². The second-order valence-corrected chi connectivity index (χ2v) is 7.04. The summed E-state index contributed by atoms with van der Waals surface area (Å²) in [7, 11) is 0. The first-order valence-electron chi connectivity index (χ1n) is 9.54. The number of fused-ring (bicyclic) bond motifs is 1. The molecule has 0 fully saturated rings. The summed E-state index contributed by atoms with van der Waals surface area (Å²) in [6, 6.07) is 12.7. The largest absolute Gasteiger partial charge is 0.508 e. The van der Waals surface area contributed by atoms with Gasteiger partial charge in [-0.05, 0) is 29.7 Å². The number of nitrogens with zero attached hydrogens (tertiary/aromatic N) is 4. The van der Waals surface area contributed by atoms with Crippen molar-refractivity contribution >= 4 is 5.95 Å². The number of alkyl halides is 3. The van der Waals surface area contributed by atoms with Crippen LogP contribution in [-0.2, 0) is 6.42 Å². The Labute approximate surface area is 175 Å². The van der Waals surface area contributed by atoms with Crippen molar-refractivity contribution in [3.8, 4) is 23.1 Å². The topological polar surface area (TPSA) is 91.6 Å². The van der Waals surface area contributed by atoms with Crippen LogP contribution in [-0.4, -0.2) is 51.1 Å². The Balaban J connectivity index is 1.76. The monoisotopic (exact) mass is 432 g/mol. The van der Waals surface area contributed by atoms with E-state index in [0.717, 1.165) is 11.1 Å². The van der Waals surface area contributed by atoms with Crippen LogP contribution in [0.5, 0.6) is 11.8 Å². The molecule has 1 atom stereocenters. The molecule has 162 valence electrons. The van der Waals surface area contributed by atoms with E-state index in [-0.39, 0.29) is 24.1 Å². The molecule has 2 heterocycles. The van der Waals surface area contributed by atoms with E-state index in [0.29, 0.717) is 18.5 Å². The lowest BCUT2D eigenvalue weighted by Gasteiger charge is -2.36. The van der Waals surface area contributed by atoms with Gasteiger partial charge in [-0.1, -0.05) is 36.4 Å². The standard InChI is InChI=1S/C21H19F3N4O3/c22-21(23,24)12-31-20-26-18(14-5-3-6-15(30)10-14)25-19(27-20)28-9-8-13-4-1-2-7-16(13)17(28)11-29/h1-7,10,17,29-30H,8-9,11-12H2/t17-/m0/s1. The molecule has 1 aliphatic rings. The molecule has 0 unspecified atom stereocenters. The van der Waals surface area contributed by atoms with Crippen molar-refractivity contribution in [1.29, 1.82) is 0 Å². The maximum atomic E-state index is 12.7. The van der Waals surface area contributed by atoms with Crippen molar-refractivity contribution in [2.45, 2.75) is 18.6 Å². The van der Waals surface area contributed by atoms with Crippen LogP contribution in [0, 0.1) is 0 Å². The van der Waals surface area contributed by atoms with E-state index in [1.165, 1.54) is 12.1 Å². The Bertz CT molecular complexity index is 1080. The summed E-state index contributed by atoms with van der Waals surface area (Å²) in [6.45, 7) is -1.34. The average molecular weight is 432 g/mol. The van der Waals surface area contributed by atoms with Gasteiger partial charge in [-0.15, -0.1) is 0 Å². The summed E-state index contributed by atoms with van der Waals surface area (Å²) in [6.07, 6.45) is -3.91. The maximum absolute atomic E-state index is 12.7. The molecule has 2 N–H and O–H groups in total. The first kappa shape index (κ1) is 20.9. The van der Waals surface area contributed by atoms with Gasteiger partial charge in [0, 0.05) is 12.1 Å². The Morgan fingerprint density at radius 2 is 1.87 bits per heavy atom. The van der Waals surface area contributed by atoms with E-state index in [9.17, 15) is 23.4 Å². The number of rotatable bonds is 5. The highest BCUT2D eigenvalue weighted by Crippen LogP contribution is 2.33. The zero-order chi connectivity index (χ0) is 22.0. The molecule has 4 rings (SSSR count). The molecule has 0 spiro atoms. The first-order valence-corrected chi connectivity index (χ1v) is 9.54. The highest BCUT2D eigenvalue weighted by atomic mass is 19.4. The van der Waals surface area contributed by atoms with Gasteiger partial charge in [0.15, 0.2) is 12.4 Å². The Morgan fingerprint density at radius 1 is 1.06 bits per heavy atom. The van der Waals surface area contributed by atoms with Crippen LogP contribution < -0.4 is 9.64 Å². The number of ether oxygens (including phenoxy) is 1. The third-order valence-electron chi connectivity index (χ3n) is 4.91. The molecule has 7 nitrogen and oxygen atoms in total. The molecule has 31 heavy (non-hydrogen) atoms. The minimum absolute atomic E-state index is 0.0441. The third kappa shape index (κ3) is 4.69. The maximum Gasteiger partial charge on any atom is 0.422 e. The Morgan fingerprint density at radius 3 is 2.61 bits per heavy atom. The molecule has 2 aromatic carbocycles. The fourth-order valence-corrected chi connectivity index (χ4v) is 3.55. The van der Waals surface area contributed by atoms with Gasteiger partial charge in [-0.3, -0.25) is 0 Å². The Kier molecular flexibility index (Phi) is 5.64. The molecule has 10 heteroatoms. The molecular formula is C21H19F3N4O3. The second kappa shape index (κ2) is 8.38. The number of benzene rings is 2. The van der Waals surface area contributed by atoms with E-state index >= 15 is 0 Å². The summed E-state index contributed by atoms with van der Waals surface area (Å²) in [4.78, 5) is 14.2. The van der Waals surface area contributed by atoms with Crippen molar-refractivity contribution in [2.24, 2.45) is 0 Å². The number of halogens is 3. The lowest BCUT2D eigenvalue weighted by atomic mass is 9.93. The van der Waals surface area contributed by atoms with E-state index in [4.69, 9.17) is 4.74 Å². The van der Waals surface area contributed by atoms with Crippen molar-refractivity contribution in [3.63, 3.8) is 0 Å². The van der Waals surface area contributed by atoms with Crippen LogP contribution in [0.3, 0.4) is 0 Å². The number of hydrogen-bond acceptors (Lipinski definition) is 7. The molecule has 0 bridgehead atoms. The number of anilines is 1. The van der Waals surface area contributed by atoms with Gasteiger partial charge in [0.25, 0.3) is 0 Å². The fourth-order valence-electron chi connectivity index (χ4n) is 3.55. The normalized spacial score (nSPS) is 16.1. The van der Waals surface area contributed by atoms with Crippen LogP contribution in [0.25, 0.3) is 11.4 Å². The van der Waals surface area contributed by atoms with Crippen molar-refractivity contribution < 1.29 is 28.1 Å². The van der Waals surface area contributed by atoms with E-state index < -0.39 is 24.8 Å². The van der Waals surface area contributed by atoms with Crippen LogP contribution in [0.15, 0.2) is 48.5 Å². The summed E-state index contributed by atoms with van der Waals surface area (Å²) < 4.78 is 42.8. The predicted molar refractivity (Wildman–Crippen MR) is 106 cm³/mol. The van der Waals surface area contributed by atoms with Crippen LogP contribution in [0.4, 0.5) is 19.1 Å². The molecule has 0 saturated heterocycles. The molecule has 0 aliphatic carbocycles. The Hall–Kier alpha value is -3.40. The van der Waals surface area contributed by atoms with Gasteiger partial charge in [-0.25, -0.2) is 0 Å². The van der Waals surface area contributed by atoms with Crippen LogP contribution in [0.2, 0.25) is 0 Å². The van der Waals surface area contributed by atoms with E-state index in [1.807, 2.05) is 24.3 Å². The van der Waals surface area contributed by atoms with Gasteiger partial charge in [0.1, 0.15) is 5.75 Å². The van der Waals surface area contributed by atoms with Crippen LogP contribution >= 0.6 is 0 Å². The zero-order valence-electron chi connectivity index (χ0n) is 16.3. The molecule has 1 aromatic heterocycles. The lowest BCUT2D eigenvalue weighted by Crippen LogP contribution is -2.38. The molecule has 0 saturated carbocycles. The SMILES string of the molecule is OC[C@H]1c2ccccc2CCN1c1nc(OCC(F)(F)F)nc(-c2cccc(O)c2)n1. The molecule has 1 aliphatic heterocycles. The second-order valence-electron chi connectivity index (χ2n) is 7.04. The highest BCUT2D eigenvalue weighted by Gasteiger charge is 2.31. The number of aromatic hydroxyl groups is 1. The zero-order valence-corrected chi connectivity index (χ0v) is 16.3. The smallest absolute Gasteiger partial charge is 0.422 e. The van der Waals surface area contributed by atoms with E-state index in [2.05, 4.69) is 15.0 Å². The summed E-state index contributed by atoms with van der Waals surface area (Å²) in [5, 5.41) is 19.8. The van der Waals surface area contributed by atoms with Crippen LogP contribution in [0.1, 0.15) is 17.2 Å². The summed E-state index contributed by atoms with van der Waals surface area (Å²) in [5.41, 5.74) is 2.36. The van der Waals surface area contributed by atoms with Crippen molar-refractivity contribution in [3.05, 3.63) is 59.7 Å². The van der Waals surface area contributed by atoms with E-state index in [1.54, 1.807) is 17.0 Å². The molecular weight excluding hydrogens is 413 g/mol. The fraction of sp³-hybridized carbons (Fsp3) is 0.286.